The lowest BCUT2D eigenvalue weighted by atomic mass is 10.0. The third kappa shape index (κ3) is 7.82. The summed E-state index contributed by atoms with van der Waals surface area (Å²) in [6.45, 7) is 5.64. The molecule has 0 aliphatic heterocycles. The molecule has 0 bridgehead atoms. The fourth-order valence-corrected chi connectivity index (χ4v) is 2.69. The Kier molecular flexibility index (Phi) is 8.96. The van der Waals surface area contributed by atoms with Gasteiger partial charge in [0, 0.05) is 5.57 Å². The maximum atomic E-state index is 12.2. The van der Waals surface area contributed by atoms with Gasteiger partial charge in [-0.2, -0.15) is 0 Å². The molecule has 0 heterocycles. The standard InChI is InChI=1S/C24H28O5/c1-18(2)23(25)28-17-7-5-4-6-8-19-9-11-20(12-10-19)24(26)29-22-15-13-21(27-3)14-16-22/h9-16H,1,4-8,17H2,2-3H3. The zero-order chi connectivity index (χ0) is 21.1. The van der Waals surface area contributed by atoms with Gasteiger partial charge in [0.2, 0.25) is 0 Å². The van der Waals surface area contributed by atoms with E-state index in [1.54, 1.807) is 50.4 Å². The smallest absolute Gasteiger partial charge is 0.343 e. The van der Waals surface area contributed by atoms with E-state index in [-0.39, 0.29) is 11.9 Å². The van der Waals surface area contributed by atoms with Crippen LogP contribution in [0.15, 0.2) is 60.7 Å². The zero-order valence-corrected chi connectivity index (χ0v) is 17.1. The largest absolute Gasteiger partial charge is 0.497 e. The Balaban J connectivity index is 1.68. The lowest BCUT2D eigenvalue weighted by molar-refractivity contribution is -0.139. The highest BCUT2D eigenvalue weighted by atomic mass is 16.5. The fraction of sp³-hybridized carbons (Fsp3) is 0.333. The van der Waals surface area contributed by atoms with Crippen LogP contribution < -0.4 is 9.47 Å². The van der Waals surface area contributed by atoms with Crippen LogP contribution in [0.1, 0.15) is 48.5 Å². The van der Waals surface area contributed by atoms with Crippen molar-refractivity contribution in [2.75, 3.05) is 13.7 Å². The second-order valence-electron chi connectivity index (χ2n) is 6.84. The molecule has 0 spiro atoms. The Morgan fingerprint density at radius 1 is 0.862 bits per heavy atom. The van der Waals surface area contributed by atoms with Crippen molar-refractivity contribution in [2.24, 2.45) is 0 Å². The van der Waals surface area contributed by atoms with Crippen LogP contribution in [0.25, 0.3) is 0 Å². The van der Waals surface area contributed by atoms with Crippen molar-refractivity contribution in [1.29, 1.82) is 0 Å². The Labute approximate surface area is 172 Å². The minimum Gasteiger partial charge on any atom is -0.497 e. The molecule has 0 saturated heterocycles. The first-order valence-electron chi connectivity index (χ1n) is 9.77. The molecule has 0 aliphatic rings. The van der Waals surface area contributed by atoms with Gasteiger partial charge in [-0.3, -0.25) is 0 Å². The third-order valence-corrected chi connectivity index (χ3v) is 4.40. The molecule has 0 unspecified atom stereocenters. The predicted octanol–water partition coefficient (Wildman–Crippen LogP) is 5.14. The fourth-order valence-electron chi connectivity index (χ4n) is 2.69. The minimum absolute atomic E-state index is 0.324. The normalized spacial score (nSPS) is 10.3. The van der Waals surface area contributed by atoms with Crippen LogP contribution in [-0.2, 0) is 16.0 Å². The van der Waals surface area contributed by atoms with E-state index in [2.05, 4.69) is 6.58 Å². The third-order valence-electron chi connectivity index (χ3n) is 4.40. The zero-order valence-electron chi connectivity index (χ0n) is 17.1. The van der Waals surface area contributed by atoms with Crippen LogP contribution in [0, 0.1) is 0 Å². The number of carbonyl (C=O) groups excluding carboxylic acids is 2. The SMILES string of the molecule is C=C(C)C(=O)OCCCCCCc1ccc(C(=O)Oc2ccc(OC)cc2)cc1. The molecule has 154 valence electrons. The quantitative estimate of drug-likeness (QED) is 0.228. The number of hydrogen-bond acceptors (Lipinski definition) is 5. The molecule has 2 rings (SSSR count). The molecule has 0 amide bonds. The summed E-state index contributed by atoms with van der Waals surface area (Å²) < 4.78 is 15.5. The molecular formula is C24H28O5. The number of benzene rings is 2. The number of unbranched alkanes of at least 4 members (excludes halogenated alkanes) is 3. The van der Waals surface area contributed by atoms with Crippen molar-refractivity contribution in [3.05, 3.63) is 71.8 Å². The van der Waals surface area contributed by atoms with Gasteiger partial charge in [0.05, 0.1) is 19.3 Å². The number of hydrogen-bond donors (Lipinski definition) is 0. The predicted molar refractivity (Wildman–Crippen MR) is 112 cm³/mol. The van der Waals surface area contributed by atoms with Gasteiger partial charge in [-0.05, 0) is 68.1 Å². The van der Waals surface area contributed by atoms with E-state index in [9.17, 15) is 9.59 Å². The van der Waals surface area contributed by atoms with E-state index in [1.165, 1.54) is 5.56 Å². The number of ether oxygens (including phenoxy) is 3. The van der Waals surface area contributed by atoms with E-state index in [4.69, 9.17) is 14.2 Å². The van der Waals surface area contributed by atoms with Crippen molar-refractivity contribution in [3.63, 3.8) is 0 Å². The minimum atomic E-state index is -0.383. The first-order chi connectivity index (χ1) is 14.0. The maximum Gasteiger partial charge on any atom is 0.343 e. The molecule has 0 radical (unpaired) electrons. The van der Waals surface area contributed by atoms with Gasteiger partial charge in [-0.1, -0.05) is 31.6 Å². The van der Waals surface area contributed by atoms with Gasteiger partial charge in [-0.25, -0.2) is 9.59 Å². The summed E-state index contributed by atoms with van der Waals surface area (Å²) in [6.07, 6.45) is 4.92. The Morgan fingerprint density at radius 2 is 1.48 bits per heavy atom. The molecule has 0 fully saturated rings. The lowest BCUT2D eigenvalue weighted by Gasteiger charge is -2.07. The number of carbonyl (C=O) groups is 2. The number of rotatable bonds is 11. The average Bonchev–Trinajstić information content (AvgIpc) is 2.73. The van der Waals surface area contributed by atoms with Gasteiger partial charge < -0.3 is 14.2 Å². The molecule has 29 heavy (non-hydrogen) atoms. The molecule has 0 saturated carbocycles. The van der Waals surface area contributed by atoms with Crippen LogP contribution >= 0.6 is 0 Å². The van der Waals surface area contributed by atoms with Gasteiger partial charge >= 0.3 is 11.9 Å². The summed E-state index contributed by atoms with van der Waals surface area (Å²) in [5.74, 6) is 0.484. The van der Waals surface area contributed by atoms with Crippen LogP contribution in [0.4, 0.5) is 0 Å². The first kappa shape index (κ1) is 22.2. The van der Waals surface area contributed by atoms with Crippen molar-refractivity contribution in [1.82, 2.24) is 0 Å². The van der Waals surface area contributed by atoms with Crippen LogP contribution in [-0.4, -0.2) is 25.7 Å². The molecular weight excluding hydrogens is 368 g/mol. The van der Waals surface area contributed by atoms with Crippen molar-refractivity contribution < 1.29 is 23.8 Å². The molecule has 5 nitrogen and oxygen atoms in total. The summed E-state index contributed by atoms with van der Waals surface area (Å²) in [4.78, 5) is 23.5. The first-order valence-corrected chi connectivity index (χ1v) is 9.77. The second kappa shape index (κ2) is 11.7. The summed E-state index contributed by atoms with van der Waals surface area (Å²) in [6, 6.07) is 14.4. The number of methoxy groups -OCH3 is 1. The average molecular weight is 396 g/mol. The highest BCUT2D eigenvalue weighted by molar-refractivity contribution is 5.91. The van der Waals surface area contributed by atoms with Gasteiger partial charge in [0.1, 0.15) is 11.5 Å². The molecule has 2 aromatic rings. The Bertz CT molecular complexity index is 806. The van der Waals surface area contributed by atoms with Crippen LogP contribution in [0.5, 0.6) is 11.5 Å². The molecule has 0 N–H and O–H groups in total. The molecule has 0 aromatic heterocycles. The Hall–Kier alpha value is -3.08. The summed E-state index contributed by atoms with van der Waals surface area (Å²) in [5, 5.41) is 0. The molecule has 0 atom stereocenters. The molecule has 2 aromatic carbocycles. The number of esters is 2. The van der Waals surface area contributed by atoms with E-state index < -0.39 is 0 Å². The van der Waals surface area contributed by atoms with Gasteiger partial charge in [0.25, 0.3) is 0 Å². The topological polar surface area (TPSA) is 61.8 Å². The van der Waals surface area contributed by atoms with Crippen molar-refractivity contribution >= 4 is 11.9 Å². The van der Waals surface area contributed by atoms with Crippen LogP contribution in [0.3, 0.4) is 0 Å². The van der Waals surface area contributed by atoms with E-state index in [1.807, 2.05) is 12.1 Å². The lowest BCUT2D eigenvalue weighted by Crippen LogP contribution is -2.08. The Morgan fingerprint density at radius 3 is 2.10 bits per heavy atom. The highest BCUT2D eigenvalue weighted by Gasteiger charge is 2.09. The highest BCUT2D eigenvalue weighted by Crippen LogP contribution is 2.18. The van der Waals surface area contributed by atoms with Crippen molar-refractivity contribution in [3.8, 4) is 11.5 Å². The van der Waals surface area contributed by atoms with Gasteiger partial charge in [-0.15, -0.1) is 0 Å². The monoisotopic (exact) mass is 396 g/mol. The molecule has 0 aliphatic carbocycles. The van der Waals surface area contributed by atoms with Gasteiger partial charge in [0.15, 0.2) is 0 Å². The van der Waals surface area contributed by atoms with Crippen molar-refractivity contribution in [2.45, 2.75) is 39.0 Å². The van der Waals surface area contributed by atoms with Crippen LogP contribution in [0.2, 0.25) is 0 Å². The summed E-state index contributed by atoms with van der Waals surface area (Å²) in [5.41, 5.74) is 2.13. The molecule has 5 heteroatoms. The maximum absolute atomic E-state index is 12.2. The summed E-state index contributed by atoms with van der Waals surface area (Å²) >= 11 is 0. The summed E-state index contributed by atoms with van der Waals surface area (Å²) in [7, 11) is 1.59. The second-order valence-corrected chi connectivity index (χ2v) is 6.84. The van der Waals surface area contributed by atoms with E-state index >= 15 is 0 Å². The van der Waals surface area contributed by atoms with E-state index in [0.717, 1.165) is 32.1 Å². The number of aryl methyl sites for hydroxylation is 1. The van der Waals surface area contributed by atoms with E-state index in [0.29, 0.717) is 29.2 Å².